The molecule has 2 saturated carbocycles. The lowest BCUT2D eigenvalue weighted by Gasteiger charge is -2.71. The number of ether oxygens (including phenoxy) is 6. The number of hydrogen-bond acceptors (Lipinski definition) is 11. The molecule has 2 aromatic rings. The highest BCUT2D eigenvalue weighted by atomic mass is 16.7. The molecule has 0 amide bonds. The number of carbonyl (C=O) groups is 2. The molecule has 11 heteroatoms. The summed E-state index contributed by atoms with van der Waals surface area (Å²) in [5.41, 5.74) is -3.96. The molecule has 2 aliphatic heterocycles. The number of aliphatic hydroxyl groups is 3. The van der Waals surface area contributed by atoms with Crippen LogP contribution in [-0.2, 0) is 28.5 Å². The van der Waals surface area contributed by atoms with Gasteiger partial charge in [0.15, 0.2) is 11.9 Å². The quantitative estimate of drug-likeness (QED) is 0.318. The lowest BCUT2D eigenvalue weighted by Crippen LogP contribution is -2.83. The first kappa shape index (κ1) is 33.2. The first-order valence-corrected chi connectivity index (χ1v) is 16.5. The van der Waals surface area contributed by atoms with Crippen LogP contribution in [0.2, 0.25) is 0 Å². The summed E-state index contributed by atoms with van der Waals surface area (Å²) in [6.45, 7) is 8.45. The van der Waals surface area contributed by atoms with Crippen LogP contribution in [0.5, 0.6) is 5.75 Å². The van der Waals surface area contributed by atoms with Gasteiger partial charge in [0.05, 0.1) is 43.5 Å². The summed E-state index contributed by atoms with van der Waals surface area (Å²) < 4.78 is 37.7. The monoisotopic (exact) mass is 664 g/mol. The van der Waals surface area contributed by atoms with E-state index < -0.39 is 82.8 Å². The summed E-state index contributed by atoms with van der Waals surface area (Å²) in [7, 11) is 1.58. The highest BCUT2D eigenvalue weighted by Crippen LogP contribution is 2.67. The van der Waals surface area contributed by atoms with Gasteiger partial charge in [-0.15, -0.1) is 0 Å². The van der Waals surface area contributed by atoms with E-state index >= 15 is 0 Å². The molecule has 3 aliphatic carbocycles. The molecule has 0 radical (unpaired) electrons. The van der Waals surface area contributed by atoms with Crippen molar-refractivity contribution >= 4 is 11.9 Å². The third-order valence-corrected chi connectivity index (χ3v) is 12.1. The number of benzene rings is 2. The van der Waals surface area contributed by atoms with Gasteiger partial charge >= 0.3 is 11.9 Å². The van der Waals surface area contributed by atoms with Crippen molar-refractivity contribution in [2.24, 2.45) is 16.7 Å². The minimum absolute atomic E-state index is 0.0326. The normalized spacial score (nSPS) is 41.0. The number of esters is 2. The van der Waals surface area contributed by atoms with Gasteiger partial charge < -0.3 is 43.7 Å². The van der Waals surface area contributed by atoms with E-state index in [2.05, 4.69) is 0 Å². The molecule has 2 heterocycles. The van der Waals surface area contributed by atoms with Gasteiger partial charge in [-0.25, -0.2) is 4.79 Å². The van der Waals surface area contributed by atoms with Gasteiger partial charge in [-0.05, 0) is 42.3 Å². The predicted molar refractivity (Wildman–Crippen MR) is 170 cm³/mol. The maximum Gasteiger partial charge on any atom is 0.338 e. The Morgan fingerprint density at radius 1 is 0.958 bits per heavy atom. The first-order chi connectivity index (χ1) is 22.7. The Balaban J connectivity index is 1.47. The van der Waals surface area contributed by atoms with Crippen molar-refractivity contribution in [1.82, 2.24) is 0 Å². The van der Waals surface area contributed by atoms with Crippen molar-refractivity contribution in [3.05, 3.63) is 76.9 Å². The van der Waals surface area contributed by atoms with Gasteiger partial charge in [-0.2, -0.15) is 0 Å². The molecule has 2 saturated heterocycles. The highest BCUT2D eigenvalue weighted by molar-refractivity contribution is 5.89. The molecule has 0 spiro atoms. The van der Waals surface area contributed by atoms with Gasteiger partial charge in [-0.3, -0.25) is 4.79 Å². The Labute approximate surface area is 279 Å². The van der Waals surface area contributed by atoms with E-state index in [0.717, 1.165) is 0 Å². The summed E-state index contributed by atoms with van der Waals surface area (Å²) in [6.07, 6.45) is -7.11. The summed E-state index contributed by atoms with van der Waals surface area (Å²) in [5, 5.41) is 37.2. The topological polar surface area (TPSA) is 150 Å². The van der Waals surface area contributed by atoms with E-state index in [4.69, 9.17) is 28.4 Å². The third kappa shape index (κ3) is 4.55. The Kier molecular flexibility index (Phi) is 7.86. The lowest BCUT2D eigenvalue weighted by molar-refractivity contribution is -0.413. The number of rotatable bonds is 5. The van der Waals surface area contributed by atoms with Crippen LogP contribution in [0.3, 0.4) is 0 Å². The van der Waals surface area contributed by atoms with Crippen LogP contribution < -0.4 is 4.74 Å². The third-order valence-electron chi connectivity index (χ3n) is 12.1. The minimum Gasteiger partial charge on any atom is -0.497 e. The van der Waals surface area contributed by atoms with Crippen LogP contribution in [0.25, 0.3) is 0 Å². The Morgan fingerprint density at radius 3 is 2.25 bits per heavy atom. The first-order valence-electron chi connectivity index (χ1n) is 16.5. The molecule has 2 bridgehead atoms. The average Bonchev–Trinajstić information content (AvgIpc) is 3.04. The number of aliphatic hydroxyl groups excluding tert-OH is 2. The zero-order valence-electron chi connectivity index (χ0n) is 28.0. The lowest BCUT2D eigenvalue weighted by atomic mass is 9.44. The fourth-order valence-corrected chi connectivity index (χ4v) is 9.50. The second-order valence-corrected chi connectivity index (χ2v) is 14.7. The van der Waals surface area contributed by atoms with E-state index in [1.54, 1.807) is 70.3 Å². The minimum atomic E-state index is -1.95. The van der Waals surface area contributed by atoms with Gasteiger partial charge in [0.2, 0.25) is 0 Å². The number of carbonyl (C=O) groups excluding carboxylic acids is 2. The molecule has 11 atom stereocenters. The van der Waals surface area contributed by atoms with Crippen LogP contribution >= 0.6 is 0 Å². The molecule has 1 unspecified atom stereocenters. The van der Waals surface area contributed by atoms with Crippen molar-refractivity contribution in [2.45, 2.75) is 102 Å². The zero-order chi connectivity index (χ0) is 34.4. The van der Waals surface area contributed by atoms with Crippen molar-refractivity contribution in [3.8, 4) is 5.75 Å². The molecule has 5 aliphatic rings. The highest BCUT2D eigenvalue weighted by Gasteiger charge is 2.79. The van der Waals surface area contributed by atoms with Gasteiger partial charge in [0.1, 0.15) is 29.7 Å². The summed E-state index contributed by atoms with van der Waals surface area (Å²) >= 11 is 0. The summed E-state index contributed by atoms with van der Waals surface area (Å²) in [4.78, 5) is 26.9. The Bertz CT molecular complexity index is 1620. The number of fused-ring (bicyclic) bond motifs is 4. The molecular weight excluding hydrogens is 620 g/mol. The molecular formula is C37H44O11. The predicted octanol–water partition coefficient (Wildman–Crippen LogP) is 3.64. The van der Waals surface area contributed by atoms with E-state index in [-0.39, 0.29) is 25.0 Å². The van der Waals surface area contributed by atoms with Crippen molar-refractivity contribution in [3.63, 3.8) is 0 Å². The molecule has 3 N–H and O–H groups in total. The fraction of sp³-hybridized carbons (Fsp3) is 0.568. The van der Waals surface area contributed by atoms with E-state index in [1.165, 1.54) is 6.92 Å². The standard InChI is InChI=1S/C37H44O11/c1-19-24(39)17-37(42)31(46-32(41)21-10-8-7-9-11-21)29-35(5)25(16-26-36(29,18-44-26)48-20(2)38)45-33(22-12-14-23(43-6)15-13-22)47-30(35)28(40)27(19)34(37,3)4/h7-15,24-26,28-31,33,39-40,42H,16-18H2,1-6H3/t24-,25-,26+,28-,29-,30-,31-,33?,35+,36-,37+/m0/s1. The largest absolute Gasteiger partial charge is 0.497 e. The average molecular weight is 665 g/mol. The van der Waals surface area contributed by atoms with Gasteiger partial charge in [0.25, 0.3) is 0 Å². The van der Waals surface area contributed by atoms with Gasteiger partial charge in [-0.1, -0.05) is 51.1 Å². The maximum atomic E-state index is 14.0. The van der Waals surface area contributed by atoms with Crippen LogP contribution in [0.4, 0.5) is 0 Å². The van der Waals surface area contributed by atoms with Crippen LogP contribution in [0.15, 0.2) is 65.7 Å². The summed E-state index contributed by atoms with van der Waals surface area (Å²) in [5.74, 6) is -1.62. The molecule has 4 fully saturated rings. The summed E-state index contributed by atoms with van der Waals surface area (Å²) in [6, 6.07) is 15.7. The molecule has 258 valence electrons. The Morgan fingerprint density at radius 2 is 1.65 bits per heavy atom. The van der Waals surface area contributed by atoms with Crippen molar-refractivity contribution < 1.29 is 53.3 Å². The number of methoxy groups -OCH3 is 1. The van der Waals surface area contributed by atoms with Crippen LogP contribution in [-0.4, -0.2) is 88.8 Å². The van der Waals surface area contributed by atoms with Gasteiger partial charge in [0, 0.05) is 36.2 Å². The fourth-order valence-electron chi connectivity index (χ4n) is 9.50. The second-order valence-electron chi connectivity index (χ2n) is 14.7. The van der Waals surface area contributed by atoms with Crippen LogP contribution in [0, 0.1) is 16.7 Å². The SMILES string of the molecule is COc1ccc(C2O[C@H]3C[C@H]4OC[C@@]4(OC(C)=O)[C@H]4[C@H](OC(=O)c5ccccc5)[C@]5(O)C[C@H](O)C(C)=C([C@H](O)[C@H](O2)[C@]34C)C5(C)C)cc1. The van der Waals surface area contributed by atoms with Crippen molar-refractivity contribution in [1.29, 1.82) is 0 Å². The van der Waals surface area contributed by atoms with E-state index in [0.29, 0.717) is 22.5 Å². The molecule has 0 aromatic heterocycles. The smallest absolute Gasteiger partial charge is 0.338 e. The van der Waals surface area contributed by atoms with Crippen molar-refractivity contribution in [2.75, 3.05) is 13.7 Å². The zero-order valence-corrected chi connectivity index (χ0v) is 28.0. The Hall–Kier alpha value is -3.32. The van der Waals surface area contributed by atoms with E-state index in [9.17, 15) is 24.9 Å². The molecule has 7 rings (SSSR count). The molecule has 48 heavy (non-hydrogen) atoms. The molecule has 2 aromatic carbocycles. The number of hydrogen-bond donors (Lipinski definition) is 3. The molecule has 11 nitrogen and oxygen atoms in total. The second kappa shape index (κ2) is 11.4. The maximum absolute atomic E-state index is 14.0. The van der Waals surface area contributed by atoms with Crippen LogP contribution in [0.1, 0.15) is 69.7 Å². The van der Waals surface area contributed by atoms with E-state index in [1.807, 2.05) is 19.1 Å².